The van der Waals surface area contributed by atoms with Crippen LogP contribution in [-0.2, 0) is 0 Å². The van der Waals surface area contributed by atoms with E-state index < -0.39 is 0 Å². The Labute approximate surface area is 107 Å². The molecule has 3 nitrogen and oxygen atoms in total. The number of halogens is 1. The van der Waals surface area contributed by atoms with E-state index in [-0.39, 0.29) is 0 Å². The zero-order chi connectivity index (χ0) is 12.0. The summed E-state index contributed by atoms with van der Waals surface area (Å²) in [5, 5.41) is 0.906. The molecule has 0 bridgehead atoms. The van der Waals surface area contributed by atoms with E-state index in [1.165, 1.54) is 11.3 Å². The molecule has 2 aromatic heterocycles. The molecule has 0 fully saturated rings. The average Bonchev–Trinajstić information content (AvgIpc) is 2.80. The number of hydrogen-bond acceptors (Lipinski definition) is 4. The highest BCUT2D eigenvalue weighted by Gasteiger charge is 2.10. The predicted octanol–water partition coefficient (Wildman–Crippen LogP) is 4.22. The number of fused-ring (bicyclic) bond motifs is 1. The lowest BCUT2D eigenvalue weighted by Crippen LogP contribution is -1.77. The first-order chi connectivity index (χ1) is 8.13. The molecule has 2 heterocycles. The fourth-order valence-electron chi connectivity index (χ4n) is 1.67. The lowest BCUT2D eigenvalue weighted by atomic mass is 10.2. The number of aromatic nitrogens is 2. The van der Waals surface area contributed by atoms with Crippen molar-refractivity contribution < 1.29 is 4.42 Å². The minimum atomic E-state index is 0.672. The maximum absolute atomic E-state index is 6.02. The van der Waals surface area contributed by atoms with Gasteiger partial charge in [-0.25, -0.2) is 9.97 Å². The average molecular weight is 265 g/mol. The third-order valence-electron chi connectivity index (χ3n) is 2.48. The van der Waals surface area contributed by atoms with Gasteiger partial charge >= 0.3 is 0 Å². The summed E-state index contributed by atoms with van der Waals surface area (Å²) in [6.07, 6.45) is 0. The molecule has 0 aliphatic heterocycles. The van der Waals surface area contributed by atoms with Gasteiger partial charge in [-0.3, -0.25) is 0 Å². The Morgan fingerprint density at radius 1 is 1.24 bits per heavy atom. The number of benzene rings is 1. The quantitative estimate of drug-likeness (QED) is 0.660. The van der Waals surface area contributed by atoms with E-state index >= 15 is 0 Å². The molecule has 3 aromatic rings. The van der Waals surface area contributed by atoms with E-state index in [0.29, 0.717) is 5.89 Å². The van der Waals surface area contributed by atoms with Crippen LogP contribution in [0.3, 0.4) is 0 Å². The van der Waals surface area contributed by atoms with Crippen LogP contribution >= 0.6 is 22.9 Å². The topological polar surface area (TPSA) is 38.9 Å². The van der Waals surface area contributed by atoms with Crippen LogP contribution < -0.4 is 0 Å². The minimum absolute atomic E-state index is 0.672. The number of thiazole rings is 1. The van der Waals surface area contributed by atoms with Gasteiger partial charge in [0.2, 0.25) is 0 Å². The second-order valence-electron chi connectivity index (χ2n) is 3.79. The smallest absolute Gasteiger partial charge is 0.192 e. The molecule has 0 spiro atoms. The molecule has 86 valence electrons. The first kappa shape index (κ1) is 10.7. The molecule has 0 atom stereocenters. The van der Waals surface area contributed by atoms with Gasteiger partial charge in [0.25, 0.3) is 0 Å². The molecule has 0 amide bonds. The molecule has 17 heavy (non-hydrogen) atoms. The molecule has 3 rings (SSSR count). The van der Waals surface area contributed by atoms with Gasteiger partial charge in [0.15, 0.2) is 11.5 Å². The Hall–Kier alpha value is -1.39. The Balaban J connectivity index is 2.16. The van der Waals surface area contributed by atoms with E-state index in [2.05, 4.69) is 9.97 Å². The Kier molecular flexibility index (Phi) is 2.42. The highest BCUT2D eigenvalue weighted by molar-refractivity contribution is 7.19. The third kappa shape index (κ3) is 1.83. The van der Waals surface area contributed by atoms with Crippen molar-refractivity contribution in [2.45, 2.75) is 13.8 Å². The van der Waals surface area contributed by atoms with Gasteiger partial charge in [-0.2, -0.15) is 0 Å². The molecule has 0 aliphatic carbocycles. The summed E-state index contributed by atoms with van der Waals surface area (Å²) in [5.74, 6) is 0.672. The number of nitrogens with zero attached hydrogens (tertiary/aromatic N) is 2. The second kappa shape index (κ2) is 3.82. The molecule has 0 aliphatic rings. The van der Waals surface area contributed by atoms with Crippen molar-refractivity contribution in [1.82, 2.24) is 9.97 Å². The Morgan fingerprint density at radius 2 is 2.06 bits per heavy atom. The fourth-order valence-corrected chi connectivity index (χ4v) is 2.73. The number of aryl methyl sites for hydroxylation is 2. The van der Waals surface area contributed by atoms with Gasteiger partial charge in [0, 0.05) is 12.5 Å². The summed E-state index contributed by atoms with van der Waals surface area (Å²) in [7, 11) is 0. The van der Waals surface area contributed by atoms with E-state index in [1.807, 2.05) is 32.0 Å². The van der Waals surface area contributed by atoms with Crippen molar-refractivity contribution in [3.63, 3.8) is 0 Å². The zero-order valence-corrected chi connectivity index (χ0v) is 10.9. The van der Waals surface area contributed by atoms with Gasteiger partial charge < -0.3 is 4.42 Å². The van der Waals surface area contributed by atoms with Gasteiger partial charge in [0.05, 0.1) is 5.69 Å². The normalized spacial score (nSPS) is 11.2. The van der Waals surface area contributed by atoms with Crippen molar-refractivity contribution >= 4 is 34.0 Å². The standard InChI is InChI=1S/C12H9ClN2OS/c1-6-11(13)17-12(14-6)8-3-4-9-10(5-8)16-7(2)15-9/h3-5H,1-2H3. The molecular formula is C12H9ClN2OS. The van der Waals surface area contributed by atoms with Crippen molar-refractivity contribution in [3.8, 4) is 10.6 Å². The fraction of sp³-hybridized carbons (Fsp3) is 0.167. The number of hydrogen-bond donors (Lipinski definition) is 0. The molecular weight excluding hydrogens is 256 g/mol. The largest absolute Gasteiger partial charge is 0.441 e. The number of rotatable bonds is 1. The summed E-state index contributed by atoms with van der Waals surface area (Å²) in [4.78, 5) is 8.68. The van der Waals surface area contributed by atoms with E-state index in [9.17, 15) is 0 Å². The lowest BCUT2D eigenvalue weighted by molar-refractivity contribution is 0.561. The van der Waals surface area contributed by atoms with Gasteiger partial charge in [-0.1, -0.05) is 11.6 Å². The van der Waals surface area contributed by atoms with Crippen LogP contribution in [0.5, 0.6) is 0 Å². The molecule has 0 radical (unpaired) electrons. The van der Waals surface area contributed by atoms with Crippen LogP contribution in [0.2, 0.25) is 4.34 Å². The van der Waals surface area contributed by atoms with Gasteiger partial charge in [-0.05, 0) is 25.1 Å². The number of oxazole rings is 1. The van der Waals surface area contributed by atoms with Crippen LogP contribution in [0, 0.1) is 13.8 Å². The molecule has 0 unspecified atom stereocenters. The molecule has 0 saturated carbocycles. The minimum Gasteiger partial charge on any atom is -0.441 e. The SMILES string of the molecule is Cc1nc2ccc(-c3nc(C)c(Cl)s3)cc2o1. The second-order valence-corrected chi connectivity index (χ2v) is 5.39. The zero-order valence-electron chi connectivity index (χ0n) is 9.32. The van der Waals surface area contributed by atoms with Crippen LogP contribution in [0.1, 0.15) is 11.6 Å². The van der Waals surface area contributed by atoms with Crippen LogP contribution in [0.25, 0.3) is 21.7 Å². The third-order valence-corrected chi connectivity index (χ3v) is 3.98. The molecule has 0 saturated heterocycles. The van der Waals surface area contributed by atoms with Crippen molar-refractivity contribution in [2.75, 3.05) is 0 Å². The van der Waals surface area contributed by atoms with Gasteiger partial charge in [-0.15, -0.1) is 11.3 Å². The Bertz CT molecular complexity index is 682. The Morgan fingerprint density at radius 3 is 2.76 bits per heavy atom. The van der Waals surface area contributed by atoms with Crippen molar-refractivity contribution in [3.05, 3.63) is 34.1 Å². The molecule has 5 heteroatoms. The summed E-state index contributed by atoms with van der Waals surface area (Å²) in [6.45, 7) is 3.74. The van der Waals surface area contributed by atoms with Crippen LogP contribution in [-0.4, -0.2) is 9.97 Å². The molecule has 1 aromatic carbocycles. The lowest BCUT2D eigenvalue weighted by Gasteiger charge is -1.94. The van der Waals surface area contributed by atoms with Crippen molar-refractivity contribution in [2.24, 2.45) is 0 Å². The first-order valence-electron chi connectivity index (χ1n) is 5.14. The van der Waals surface area contributed by atoms with Crippen LogP contribution in [0.4, 0.5) is 0 Å². The maximum atomic E-state index is 6.02. The highest BCUT2D eigenvalue weighted by atomic mass is 35.5. The maximum Gasteiger partial charge on any atom is 0.192 e. The highest BCUT2D eigenvalue weighted by Crippen LogP contribution is 2.32. The molecule has 0 N–H and O–H groups in total. The van der Waals surface area contributed by atoms with Crippen molar-refractivity contribution in [1.29, 1.82) is 0 Å². The monoisotopic (exact) mass is 264 g/mol. The summed E-state index contributed by atoms with van der Waals surface area (Å²) < 4.78 is 6.23. The van der Waals surface area contributed by atoms with E-state index in [1.54, 1.807) is 0 Å². The summed E-state index contributed by atoms with van der Waals surface area (Å²) >= 11 is 7.50. The first-order valence-corrected chi connectivity index (χ1v) is 6.33. The van der Waals surface area contributed by atoms with E-state index in [0.717, 1.165) is 31.7 Å². The van der Waals surface area contributed by atoms with Gasteiger partial charge in [0.1, 0.15) is 14.9 Å². The van der Waals surface area contributed by atoms with Crippen LogP contribution in [0.15, 0.2) is 22.6 Å². The summed E-state index contributed by atoms with van der Waals surface area (Å²) in [6, 6.07) is 5.87. The predicted molar refractivity (Wildman–Crippen MR) is 69.6 cm³/mol. The summed E-state index contributed by atoms with van der Waals surface area (Å²) in [5.41, 5.74) is 3.52. The van der Waals surface area contributed by atoms with E-state index in [4.69, 9.17) is 16.0 Å².